The second-order valence-electron chi connectivity index (χ2n) is 9.13. The van der Waals surface area contributed by atoms with Gasteiger partial charge in [0.2, 0.25) is 17.6 Å². The summed E-state index contributed by atoms with van der Waals surface area (Å²) in [6.45, 7) is 5.23. The molecule has 1 aromatic heterocycles. The summed E-state index contributed by atoms with van der Waals surface area (Å²) in [6, 6.07) is 15.4. The van der Waals surface area contributed by atoms with Crippen LogP contribution in [0.25, 0.3) is 11.4 Å². The quantitative estimate of drug-likeness (QED) is 0.562. The van der Waals surface area contributed by atoms with Gasteiger partial charge in [0.25, 0.3) is 5.91 Å². The highest BCUT2D eigenvalue weighted by molar-refractivity contribution is 6.05. The Morgan fingerprint density at radius 2 is 1.74 bits per heavy atom. The average molecular weight is 460 g/mol. The SMILES string of the molecule is Cc1ccc(-c2noc(CN3CCN(C(=O)c4ccccc4N(C)C(=O)C4CC4)CC3)n2)cc1. The summed E-state index contributed by atoms with van der Waals surface area (Å²) in [4.78, 5) is 36.1. The molecule has 1 aliphatic carbocycles. The number of nitrogens with zero attached hydrogens (tertiary/aromatic N) is 5. The Balaban J connectivity index is 1.19. The number of benzene rings is 2. The lowest BCUT2D eigenvalue weighted by Crippen LogP contribution is -2.48. The summed E-state index contributed by atoms with van der Waals surface area (Å²) in [5.41, 5.74) is 3.37. The molecule has 2 amide bonds. The van der Waals surface area contributed by atoms with Crippen LogP contribution in [-0.2, 0) is 11.3 Å². The van der Waals surface area contributed by atoms with E-state index in [2.05, 4.69) is 15.0 Å². The highest BCUT2D eigenvalue weighted by atomic mass is 16.5. The number of anilines is 1. The summed E-state index contributed by atoms with van der Waals surface area (Å²) in [5.74, 6) is 1.32. The van der Waals surface area contributed by atoms with E-state index < -0.39 is 0 Å². The zero-order chi connectivity index (χ0) is 23.7. The van der Waals surface area contributed by atoms with Gasteiger partial charge < -0.3 is 14.3 Å². The third-order valence-corrected chi connectivity index (χ3v) is 6.55. The van der Waals surface area contributed by atoms with E-state index in [1.165, 1.54) is 5.56 Å². The van der Waals surface area contributed by atoms with Gasteiger partial charge in [-0.1, -0.05) is 47.1 Å². The van der Waals surface area contributed by atoms with Crippen molar-refractivity contribution >= 4 is 17.5 Å². The topological polar surface area (TPSA) is 82.8 Å². The number of carbonyl (C=O) groups is 2. The minimum atomic E-state index is -0.0369. The molecule has 1 saturated heterocycles. The zero-order valence-electron chi connectivity index (χ0n) is 19.6. The molecule has 8 nitrogen and oxygen atoms in total. The molecule has 0 N–H and O–H groups in total. The Morgan fingerprint density at radius 1 is 1.03 bits per heavy atom. The normalized spacial score (nSPS) is 16.5. The van der Waals surface area contributed by atoms with Crippen LogP contribution in [0, 0.1) is 12.8 Å². The Bertz CT molecular complexity index is 1180. The molecule has 2 aromatic carbocycles. The Morgan fingerprint density at radius 3 is 2.44 bits per heavy atom. The van der Waals surface area contributed by atoms with E-state index in [1.54, 1.807) is 11.9 Å². The number of amides is 2. The first-order chi connectivity index (χ1) is 16.5. The molecule has 2 aliphatic rings. The average Bonchev–Trinajstić information content (AvgIpc) is 3.62. The van der Waals surface area contributed by atoms with Crippen LogP contribution in [0.3, 0.4) is 0 Å². The van der Waals surface area contributed by atoms with Gasteiger partial charge in [-0.2, -0.15) is 4.98 Å². The van der Waals surface area contributed by atoms with Crippen LogP contribution in [0.2, 0.25) is 0 Å². The molecule has 1 aliphatic heterocycles. The fourth-order valence-electron chi connectivity index (χ4n) is 4.28. The summed E-state index contributed by atoms with van der Waals surface area (Å²) in [5, 5.41) is 4.11. The van der Waals surface area contributed by atoms with Crippen molar-refractivity contribution in [1.82, 2.24) is 19.9 Å². The number of para-hydroxylation sites is 1. The molecule has 2 heterocycles. The first-order valence-corrected chi connectivity index (χ1v) is 11.8. The lowest BCUT2D eigenvalue weighted by molar-refractivity contribution is -0.119. The fourth-order valence-corrected chi connectivity index (χ4v) is 4.28. The predicted molar refractivity (Wildman–Crippen MR) is 128 cm³/mol. The summed E-state index contributed by atoms with van der Waals surface area (Å²) >= 11 is 0. The van der Waals surface area contributed by atoms with Gasteiger partial charge in [-0.25, -0.2) is 0 Å². The van der Waals surface area contributed by atoms with Crippen LogP contribution in [0.15, 0.2) is 53.1 Å². The predicted octanol–water partition coefficient (Wildman–Crippen LogP) is 3.38. The fraction of sp³-hybridized carbons (Fsp3) is 0.385. The molecule has 176 valence electrons. The van der Waals surface area contributed by atoms with Gasteiger partial charge in [-0.15, -0.1) is 0 Å². The van der Waals surface area contributed by atoms with Crippen molar-refractivity contribution in [2.75, 3.05) is 38.1 Å². The Kier molecular flexibility index (Phi) is 6.15. The van der Waals surface area contributed by atoms with Crippen molar-refractivity contribution in [3.8, 4) is 11.4 Å². The molecule has 0 atom stereocenters. The number of aryl methyl sites for hydroxylation is 1. The number of aromatic nitrogens is 2. The smallest absolute Gasteiger partial charge is 0.256 e. The molecule has 3 aromatic rings. The van der Waals surface area contributed by atoms with Gasteiger partial charge in [-0.3, -0.25) is 14.5 Å². The molecule has 1 saturated carbocycles. The number of hydrogen-bond donors (Lipinski definition) is 0. The summed E-state index contributed by atoms with van der Waals surface area (Å²) in [6.07, 6.45) is 1.88. The maximum Gasteiger partial charge on any atom is 0.256 e. The van der Waals surface area contributed by atoms with E-state index in [0.717, 1.165) is 18.4 Å². The third-order valence-electron chi connectivity index (χ3n) is 6.55. The number of rotatable bonds is 6. The van der Waals surface area contributed by atoms with Gasteiger partial charge in [0.15, 0.2) is 0 Å². The van der Waals surface area contributed by atoms with E-state index in [1.807, 2.05) is 60.4 Å². The third kappa shape index (κ3) is 4.72. The molecule has 0 bridgehead atoms. The maximum atomic E-state index is 13.3. The lowest BCUT2D eigenvalue weighted by Gasteiger charge is -2.34. The zero-order valence-corrected chi connectivity index (χ0v) is 19.6. The highest BCUT2D eigenvalue weighted by Gasteiger charge is 2.34. The second kappa shape index (κ2) is 9.38. The molecular formula is C26H29N5O3. The first kappa shape index (κ1) is 22.3. The molecule has 0 spiro atoms. The Hall–Kier alpha value is -3.52. The van der Waals surface area contributed by atoms with Crippen molar-refractivity contribution < 1.29 is 14.1 Å². The van der Waals surface area contributed by atoms with Crippen LogP contribution >= 0.6 is 0 Å². The number of carbonyl (C=O) groups excluding carboxylic acids is 2. The van der Waals surface area contributed by atoms with Crippen LogP contribution < -0.4 is 4.90 Å². The van der Waals surface area contributed by atoms with Crippen molar-refractivity contribution in [3.63, 3.8) is 0 Å². The maximum absolute atomic E-state index is 13.3. The highest BCUT2D eigenvalue weighted by Crippen LogP contribution is 2.33. The van der Waals surface area contributed by atoms with E-state index in [4.69, 9.17) is 4.52 Å². The first-order valence-electron chi connectivity index (χ1n) is 11.8. The largest absolute Gasteiger partial charge is 0.338 e. The Labute approximate surface area is 199 Å². The standard InChI is InChI=1S/C26H29N5O3/c1-18-7-9-19(10-8-18)24-27-23(34-28-24)17-30-13-15-31(16-14-30)26(33)21-5-3-4-6-22(21)29(2)25(32)20-11-12-20/h3-10,20H,11-17H2,1-2H3. The van der Waals surface area contributed by atoms with Gasteiger partial charge in [-0.05, 0) is 31.9 Å². The van der Waals surface area contributed by atoms with E-state index in [-0.39, 0.29) is 17.7 Å². The number of piperazine rings is 1. The second-order valence-corrected chi connectivity index (χ2v) is 9.13. The van der Waals surface area contributed by atoms with Crippen molar-refractivity contribution in [2.24, 2.45) is 5.92 Å². The lowest BCUT2D eigenvalue weighted by atomic mass is 10.1. The molecule has 5 rings (SSSR count). The van der Waals surface area contributed by atoms with Crippen LogP contribution in [0.4, 0.5) is 5.69 Å². The molecule has 2 fully saturated rings. The minimum Gasteiger partial charge on any atom is -0.338 e. The summed E-state index contributed by atoms with van der Waals surface area (Å²) < 4.78 is 5.46. The molecule has 0 unspecified atom stereocenters. The van der Waals surface area contributed by atoms with Gasteiger partial charge in [0, 0.05) is 44.7 Å². The summed E-state index contributed by atoms with van der Waals surface area (Å²) in [7, 11) is 1.76. The van der Waals surface area contributed by atoms with Gasteiger partial charge >= 0.3 is 0 Å². The van der Waals surface area contributed by atoms with Gasteiger partial charge in [0.05, 0.1) is 17.8 Å². The van der Waals surface area contributed by atoms with Crippen molar-refractivity contribution in [2.45, 2.75) is 26.3 Å². The van der Waals surface area contributed by atoms with E-state index in [9.17, 15) is 9.59 Å². The molecule has 8 heteroatoms. The van der Waals surface area contributed by atoms with Gasteiger partial charge in [0.1, 0.15) is 0 Å². The monoisotopic (exact) mass is 459 g/mol. The van der Waals surface area contributed by atoms with Crippen LogP contribution in [-0.4, -0.2) is 65.0 Å². The van der Waals surface area contributed by atoms with Crippen LogP contribution in [0.5, 0.6) is 0 Å². The van der Waals surface area contributed by atoms with E-state index in [0.29, 0.717) is 55.7 Å². The molecule has 0 radical (unpaired) electrons. The molecule has 34 heavy (non-hydrogen) atoms. The van der Waals surface area contributed by atoms with Crippen molar-refractivity contribution in [3.05, 3.63) is 65.5 Å². The minimum absolute atomic E-state index is 0.0369. The number of hydrogen-bond acceptors (Lipinski definition) is 6. The molecular weight excluding hydrogens is 430 g/mol. The van der Waals surface area contributed by atoms with E-state index >= 15 is 0 Å². The van der Waals surface area contributed by atoms with Crippen molar-refractivity contribution in [1.29, 1.82) is 0 Å². The van der Waals surface area contributed by atoms with Crippen LogP contribution in [0.1, 0.15) is 34.7 Å².